The molecular formula is C14H24N2O4. The number of rotatable bonds is 4. The molecule has 0 aromatic rings. The molecule has 2 heterocycles. The second-order valence-electron chi connectivity index (χ2n) is 5.83. The van der Waals surface area contributed by atoms with Gasteiger partial charge in [0.15, 0.2) is 0 Å². The molecule has 2 aliphatic heterocycles. The first-order valence-electron chi connectivity index (χ1n) is 7.41. The Labute approximate surface area is 119 Å². The molecule has 0 aliphatic carbocycles. The fraction of sp³-hybridized carbons (Fsp3) is 0.857. The number of aliphatic carboxylic acids is 1. The highest BCUT2D eigenvalue weighted by atomic mass is 16.5. The summed E-state index contributed by atoms with van der Waals surface area (Å²) >= 11 is 0. The van der Waals surface area contributed by atoms with Crippen molar-refractivity contribution in [1.82, 2.24) is 10.2 Å². The Hall–Kier alpha value is -1.14. The van der Waals surface area contributed by atoms with Crippen molar-refractivity contribution in [2.75, 3.05) is 32.8 Å². The number of hydrogen-bond donors (Lipinski definition) is 2. The number of likely N-dealkylation sites (tertiary alicyclic amines) is 1. The van der Waals surface area contributed by atoms with E-state index >= 15 is 0 Å². The third-order valence-corrected chi connectivity index (χ3v) is 4.27. The highest BCUT2D eigenvalue weighted by molar-refractivity contribution is 5.81. The van der Waals surface area contributed by atoms with Gasteiger partial charge in [-0.3, -0.25) is 9.59 Å². The molecular weight excluding hydrogens is 260 g/mol. The van der Waals surface area contributed by atoms with Gasteiger partial charge in [0, 0.05) is 32.6 Å². The molecule has 6 heteroatoms. The highest BCUT2D eigenvalue weighted by Crippen LogP contribution is 2.26. The average Bonchev–Trinajstić information content (AvgIpc) is 2.47. The van der Waals surface area contributed by atoms with Crippen molar-refractivity contribution in [3.8, 4) is 0 Å². The van der Waals surface area contributed by atoms with Crippen molar-refractivity contribution >= 4 is 11.9 Å². The van der Waals surface area contributed by atoms with E-state index in [9.17, 15) is 9.59 Å². The van der Waals surface area contributed by atoms with Crippen LogP contribution in [0.4, 0.5) is 0 Å². The predicted octanol–water partition coefficient (Wildman–Crippen LogP) is 0.324. The Morgan fingerprint density at radius 2 is 2.30 bits per heavy atom. The fourth-order valence-electron chi connectivity index (χ4n) is 3.04. The molecule has 3 atom stereocenters. The first kappa shape index (κ1) is 15.3. The van der Waals surface area contributed by atoms with Crippen LogP contribution in [0.1, 0.15) is 26.2 Å². The van der Waals surface area contributed by atoms with Gasteiger partial charge in [-0.2, -0.15) is 0 Å². The van der Waals surface area contributed by atoms with E-state index in [0.29, 0.717) is 19.7 Å². The van der Waals surface area contributed by atoms with Gasteiger partial charge in [0.1, 0.15) is 6.10 Å². The van der Waals surface area contributed by atoms with Gasteiger partial charge in [-0.25, -0.2) is 0 Å². The van der Waals surface area contributed by atoms with Crippen LogP contribution in [0, 0.1) is 11.8 Å². The lowest BCUT2D eigenvalue weighted by Gasteiger charge is -2.37. The Bertz CT molecular complexity index is 355. The summed E-state index contributed by atoms with van der Waals surface area (Å²) < 4.78 is 5.51. The Kier molecular flexibility index (Phi) is 5.37. The third-order valence-electron chi connectivity index (χ3n) is 4.27. The normalized spacial score (nSPS) is 28.9. The van der Waals surface area contributed by atoms with E-state index in [-0.39, 0.29) is 30.3 Å². The number of ether oxygens (including phenoxy) is 1. The van der Waals surface area contributed by atoms with Gasteiger partial charge in [-0.05, 0) is 24.7 Å². The molecule has 0 saturated carbocycles. The summed E-state index contributed by atoms with van der Waals surface area (Å²) in [5, 5.41) is 12.0. The summed E-state index contributed by atoms with van der Waals surface area (Å²) in [6.07, 6.45) is 1.74. The second kappa shape index (κ2) is 7.04. The van der Waals surface area contributed by atoms with Gasteiger partial charge < -0.3 is 20.1 Å². The van der Waals surface area contributed by atoms with Crippen LogP contribution in [0.25, 0.3) is 0 Å². The molecule has 0 radical (unpaired) electrons. The summed E-state index contributed by atoms with van der Waals surface area (Å²) in [5.74, 6) is -0.334. The van der Waals surface area contributed by atoms with E-state index in [0.717, 1.165) is 25.9 Å². The van der Waals surface area contributed by atoms with Crippen LogP contribution in [0.5, 0.6) is 0 Å². The third kappa shape index (κ3) is 3.93. The minimum Gasteiger partial charge on any atom is -0.481 e. The lowest BCUT2D eigenvalue weighted by Crippen LogP contribution is -2.52. The molecule has 114 valence electrons. The van der Waals surface area contributed by atoms with Gasteiger partial charge in [0.05, 0.1) is 6.61 Å². The molecule has 2 saturated heterocycles. The second-order valence-corrected chi connectivity index (χ2v) is 5.83. The number of carbonyl (C=O) groups is 2. The number of morpholine rings is 1. The molecule has 6 nitrogen and oxygen atoms in total. The van der Waals surface area contributed by atoms with Gasteiger partial charge in [0.25, 0.3) is 5.91 Å². The first-order chi connectivity index (χ1) is 9.58. The van der Waals surface area contributed by atoms with Crippen LogP contribution >= 0.6 is 0 Å². The maximum absolute atomic E-state index is 12.4. The number of nitrogens with zero attached hydrogens (tertiary/aromatic N) is 1. The van der Waals surface area contributed by atoms with E-state index in [1.807, 2.05) is 11.8 Å². The average molecular weight is 284 g/mol. The number of piperidine rings is 1. The van der Waals surface area contributed by atoms with E-state index < -0.39 is 5.97 Å². The Morgan fingerprint density at radius 1 is 1.50 bits per heavy atom. The van der Waals surface area contributed by atoms with Gasteiger partial charge in [-0.15, -0.1) is 0 Å². The van der Waals surface area contributed by atoms with Gasteiger partial charge >= 0.3 is 5.97 Å². The van der Waals surface area contributed by atoms with Crippen LogP contribution in [-0.2, 0) is 14.3 Å². The summed E-state index contributed by atoms with van der Waals surface area (Å²) in [6, 6.07) is 0. The largest absolute Gasteiger partial charge is 0.481 e. The van der Waals surface area contributed by atoms with Crippen LogP contribution < -0.4 is 5.32 Å². The minimum atomic E-state index is -0.763. The molecule has 3 unspecified atom stereocenters. The molecule has 0 aromatic carbocycles. The van der Waals surface area contributed by atoms with Crippen LogP contribution in [0.2, 0.25) is 0 Å². The van der Waals surface area contributed by atoms with Crippen LogP contribution in [0.3, 0.4) is 0 Å². The first-order valence-corrected chi connectivity index (χ1v) is 7.41. The number of hydrogen-bond acceptors (Lipinski definition) is 4. The van der Waals surface area contributed by atoms with E-state index in [2.05, 4.69) is 5.32 Å². The monoisotopic (exact) mass is 284 g/mol. The molecule has 20 heavy (non-hydrogen) atoms. The van der Waals surface area contributed by atoms with E-state index in [1.54, 1.807) is 0 Å². The molecule has 0 spiro atoms. The summed E-state index contributed by atoms with van der Waals surface area (Å²) in [7, 11) is 0. The zero-order valence-electron chi connectivity index (χ0n) is 12.0. The number of amides is 1. The number of carboxylic acids is 1. The van der Waals surface area contributed by atoms with Crippen molar-refractivity contribution in [1.29, 1.82) is 0 Å². The topological polar surface area (TPSA) is 78.9 Å². The molecule has 2 aliphatic rings. The van der Waals surface area contributed by atoms with Crippen LogP contribution in [-0.4, -0.2) is 60.8 Å². The maximum atomic E-state index is 12.4. The molecule has 2 rings (SSSR count). The van der Waals surface area contributed by atoms with E-state index in [4.69, 9.17) is 9.84 Å². The molecule has 0 bridgehead atoms. The predicted molar refractivity (Wildman–Crippen MR) is 73.3 cm³/mol. The maximum Gasteiger partial charge on any atom is 0.303 e. The van der Waals surface area contributed by atoms with Crippen molar-refractivity contribution in [3.05, 3.63) is 0 Å². The molecule has 1 amide bonds. The lowest BCUT2D eigenvalue weighted by molar-refractivity contribution is -0.147. The molecule has 0 aromatic heterocycles. The minimum absolute atomic E-state index is 0.0458. The summed E-state index contributed by atoms with van der Waals surface area (Å²) in [4.78, 5) is 25.0. The number of carbonyl (C=O) groups excluding carboxylic acids is 1. The Morgan fingerprint density at radius 3 is 2.95 bits per heavy atom. The lowest BCUT2D eigenvalue weighted by atomic mass is 9.84. The SMILES string of the molecule is CC(CC(=O)O)C1CCCN(C(=O)C2CNCCO2)C1. The smallest absolute Gasteiger partial charge is 0.303 e. The van der Waals surface area contributed by atoms with Crippen LogP contribution in [0.15, 0.2) is 0 Å². The highest BCUT2D eigenvalue weighted by Gasteiger charge is 2.32. The van der Waals surface area contributed by atoms with Crippen molar-refractivity contribution < 1.29 is 19.4 Å². The molecule has 2 fully saturated rings. The van der Waals surface area contributed by atoms with Gasteiger partial charge in [-0.1, -0.05) is 6.92 Å². The van der Waals surface area contributed by atoms with Crippen molar-refractivity contribution in [3.63, 3.8) is 0 Å². The summed E-state index contributed by atoms with van der Waals surface area (Å²) in [5.41, 5.74) is 0. The Balaban J connectivity index is 1.88. The fourth-order valence-corrected chi connectivity index (χ4v) is 3.04. The standard InChI is InChI=1S/C14H24N2O4/c1-10(7-13(17)18)11-3-2-5-16(9-11)14(19)12-8-15-4-6-20-12/h10-12,15H,2-9H2,1H3,(H,17,18). The zero-order chi connectivity index (χ0) is 14.5. The zero-order valence-corrected chi connectivity index (χ0v) is 12.0. The van der Waals surface area contributed by atoms with E-state index in [1.165, 1.54) is 0 Å². The number of nitrogens with one attached hydrogen (secondary N) is 1. The quantitative estimate of drug-likeness (QED) is 0.777. The summed E-state index contributed by atoms with van der Waals surface area (Å²) in [6.45, 7) is 5.32. The van der Waals surface area contributed by atoms with Crippen molar-refractivity contribution in [2.45, 2.75) is 32.3 Å². The molecule has 2 N–H and O–H groups in total. The van der Waals surface area contributed by atoms with Gasteiger partial charge in [0.2, 0.25) is 0 Å². The number of carboxylic acid groups (broad SMARTS) is 1. The van der Waals surface area contributed by atoms with Crippen molar-refractivity contribution in [2.24, 2.45) is 11.8 Å².